The smallest absolute Gasteiger partial charge is 0.337 e. The molecule has 0 amide bonds. The number of carboxylic acids is 1. The summed E-state index contributed by atoms with van der Waals surface area (Å²) in [5.74, 6) is -0.615. The number of ketones is 1. The molecule has 2 heterocycles. The number of ether oxygens (including phenoxy) is 2. The number of nitrogens with two attached hydrogens (primary N) is 1. The highest BCUT2D eigenvalue weighted by atomic mass is 16.5. The fourth-order valence-electron chi connectivity index (χ4n) is 3.22. The molecule has 0 spiro atoms. The van der Waals surface area contributed by atoms with Gasteiger partial charge in [0.2, 0.25) is 0 Å². The lowest BCUT2D eigenvalue weighted by Crippen LogP contribution is -2.10. The second-order valence-electron chi connectivity index (χ2n) is 6.43. The molecule has 3 aromatic rings. The summed E-state index contributed by atoms with van der Waals surface area (Å²) < 4.78 is 12.7. The standard InChI is InChI=1S/C21H22N2O5/c1-13-19(18(24)12-14-6-7-16(22)15(11-14)21(25)26)23-8-4-3-5-17(23)20(13)28-10-9-27-2/h3-8,11H,9-10,12,22H2,1-2H3,(H,25,26). The molecule has 7 heteroatoms. The predicted octanol–water partition coefficient (Wildman–Crippen LogP) is 2.98. The third-order valence-electron chi connectivity index (χ3n) is 4.54. The topological polar surface area (TPSA) is 103 Å². The zero-order chi connectivity index (χ0) is 20.3. The number of hydrogen-bond acceptors (Lipinski definition) is 5. The molecule has 7 nitrogen and oxygen atoms in total. The van der Waals surface area contributed by atoms with Gasteiger partial charge in [-0.05, 0) is 36.8 Å². The lowest BCUT2D eigenvalue weighted by molar-refractivity contribution is 0.0697. The van der Waals surface area contributed by atoms with Crippen molar-refractivity contribution in [2.45, 2.75) is 13.3 Å². The molecule has 0 radical (unpaired) electrons. The molecule has 2 aromatic heterocycles. The number of benzene rings is 1. The molecule has 0 aliphatic heterocycles. The van der Waals surface area contributed by atoms with E-state index in [9.17, 15) is 14.7 Å². The van der Waals surface area contributed by atoms with Crippen molar-refractivity contribution < 1.29 is 24.2 Å². The quantitative estimate of drug-likeness (QED) is 0.353. The maximum atomic E-state index is 13.1. The van der Waals surface area contributed by atoms with Crippen LogP contribution >= 0.6 is 0 Å². The minimum absolute atomic E-state index is 0.00868. The number of carboxylic acid groups (broad SMARTS) is 1. The number of anilines is 1. The maximum absolute atomic E-state index is 13.1. The Kier molecular flexibility index (Phi) is 5.65. The van der Waals surface area contributed by atoms with Gasteiger partial charge in [-0.25, -0.2) is 4.79 Å². The van der Waals surface area contributed by atoms with Crippen LogP contribution < -0.4 is 10.5 Å². The summed E-state index contributed by atoms with van der Waals surface area (Å²) in [4.78, 5) is 24.4. The van der Waals surface area contributed by atoms with Crippen molar-refractivity contribution in [1.82, 2.24) is 4.40 Å². The van der Waals surface area contributed by atoms with Crippen molar-refractivity contribution in [2.75, 3.05) is 26.1 Å². The van der Waals surface area contributed by atoms with Crippen molar-refractivity contribution in [3.05, 3.63) is 65.0 Å². The van der Waals surface area contributed by atoms with Crippen LogP contribution in [0, 0.1) is 6.92 Å². The van der Waals surface area contributed by atoms with Crippen molar-refractivity contribution in [1.29, 1.82) is 0 Å². The number of rotatable bonds is 8. The number of aromatic nitrogens is 1. The minimum atomic E-state index is -1.12. The number of nitrogen functional groups attached to an aromatic ring is 1. The van der Waals surface area contributed by atoms with E-state index in [1.807, 2.05) is 31.3 Å². The monoisotopic (exact) mass is 382 g/mol. The fraction of sp³-hybridized carbons (Fsp3) is 0.238. The van der Waals surface area contributed by atoms with Gasteiger partial charge in [0.15, 0.2) is 5.78 Å². The van der Waals surface area contributed by atoms with Gasteiger partial charge in [-0.15, -0.1) is 0 Å². The molecule has 0 atom stereocenters. The SMILES string of the molecule is COCCOc1c(C)c(C(=O)Cc2ccc(N)c(C(=O)O)c2)n2ccccc12. The van der Waals surface area contributed by atoms with Crippen molar-refractivity contribution in [3.8, 4) is 5.75 Å². The first-order chi connectivity index (χ1) is 13.4. The Morgan fingerprint density at radius 1 is 1.18 bits per heavy atom. The van der Waals surface area contributed by atoms with Crippen LogP contribution in [0.25, 0.3) is 5.52 Å². The van der Waals surface area contributed by atoms with E-state index in [-0.39, 0.29) is 23.5 Å². The molecule has 0 unspecified atom stereocenters. The summed E-state index contributed by atoms with van der Waals surface area (Å²) in [6.45, 7) is 2.66. The van der Waals surface area contributed by atoms with E-state index in [4.69, 9.17) is 15.2 Å². The van der Waals surface area contributed by atoms with E-state index in [0.29, 0.717) is 30.2 Å². The number of hydrogen-bond donors (Lipinski definition) is 2. The van der Waals surface area contributed by atoms with E-state index >= 15 is 0 Å². The molecule has 0 saturated heterocycles. The number of methoxy groups -OCH3 is 1. The van der Waals surface area contributed by atoms with Crippen LogP contribution in [-0.2, 0) is 11.2 Å². The number of carbonyl (C=O) groups excluding carboxylic acids is 1. The zero-order valence-electron chi connectivity index (χ0n) is 15.8. The molecule has 0 aliphatic carbocycles. The third kappa shape index (κ3) is 3.70. The first-order valence-corrected chi connectivity index (χ1v) is 8.80. The first-order valence-electron chi connectivity index (χ1n) is 8.80. The molecule has 3 N–H and O–H groups in total. The molecule has 0 fully saturated rings. The summed E-state index contributed by atoms with van der Waals surface area (Å²) in [7, 11) is 1.60. The summed E-state index contributed by atoms with van der Waals surface area (Å²) in [6, 6.07) is 10.2. The molecule has 0 saturated carbocycles. The van der Waals surface area contributed by atoms with Crippen LogP contribution in [0.3, 0.4) is 0 Å². The summed E-state index contributed by atoms with van der Waals surface area (Å²) in [5.41, 5.74) is 8.48. The summed E-state index contributed by atoms with van der Waals surface area (Å²) in [5, 5.41) is 9.24. The van der Waals surface area contributed by atoms with Gasteiger partial charge in [-0.2, -0.15) is 0 Å². The molecule has 1 aromatic carbocycles. The summed E-state index contributed by atoms with van der Waals surface area (Å²) in [6.07, 6.45) is 1.87. The largest absolute Gasteiger partial charge is 0.489 e. The van der Waals surface area contributed by atoms with E-state index in [1.165, 1.54) is 12.1 Å². The van der Waals surface area contributed by atoms with Gasteiger partial charge in [-0.1, -0.05) is 12.1 Å². The molecular formula is C21H22N2O5. The van der Waals surface area contributed by atoms with Crippen LogP contribution in [-0.4, -0.2) is 41.6 Å². The van der Waals surface area contributed by atoms with Gasteiger partial charge in [0, 0.05) is 31.0 Å². The van der Waals surface area contributed by atoms with Crippen LogP contribution in [0.1, 0.15) is 32.0 Å². The fourth-order valence-corrected chi connectivity index (χ4v) is 3.22. The average molecular weight is 382 g/mol. The van der Waals surface area contributed by atoms with Crippen LogP contribution in [0.5, 0.6) is 5.75 Å². The summed E-state index contributed by atoms with van der Waals surface area (Å²) >= 11 is 0. The van der Waals surface area contributed by atoms with Gasteiger partial charge in [0.1, 0.15) is 12.4 Å². The van der Waals surface area contributed by atoms with Gasteiger partial charge >= 0.3 is 5.97 Å². The highest BCUT2D eigenvalue weighted by molar-refractivity contribution is 6.01. The highest BCUT2D eigenvalue weighted by Crippen LogP contribution is 2.31. The minimum Gasteiger partial charge on any atom is -0.489 e. The molecule has 0 bridgehead atoms. The predicted molar refractivity (Wildman–Crippen MR) is 105 cm³/mol. The molecule has 0 aliphatic rings. The van der Waals surface area contributed by atoms with E-state index in [2.05, 4.69) is 0 Å². The average Bonchev–Trinajstić information content (AvgIpc) is 2.95. The molecule has 28 heavy (non-hydrogen) atoms. The van der Waals surface area contributed by atoms with Crippen molar-refractivity contribution >= 4 is 23.0 Å². The Balaban J connectivity index is 1.97. The van der Waals surface area contributed by atoms with Crippen LogP contribution in [0.4, 0.5) is 5.69 Å². The Hall–Kier alpha value is -3.32. The second-order valence-corrected chi connectivity index (χ2v) is 6.43. The maximum Gasteiger partial charge on any atom is 0.337 e. The van der Waals surface area contributed by atoms with Gasteiger partial charge < -0.3 is 24.7 Å². The number of aromatic carboxylic acids is 1. The van der Waals surface area contributed by atoms with E-state index < -0.39 is 5.97 Å². The molecular weight excluding hydrogens is 360 g/mol. The second kappa shape index (κ2) is 8.14. The number of fused-ring (bicyclic) bond motifs is 1. The highest BCUT2D eigenvalue weighted by Gasteiger charge is 2.22. The van der Waals surface area contributed by atoms with Gasteiger partial charge in [-0.3, -0.25) is 4.79 Å². The number of carbonyl (C=O) groups is 2. The van der Waals surface area contributed by atoms with Gasteiger partial charge in [0.25, 0.3) is 0 Å². The normalized spacial score (nSPS) is 10.9. The Bertz CT molecular complexity index is 1040. The van der Waals surface area contributed by atoms with E-state index in [1.54, 1.807) is 17.6 Å². The zero-order valence-corrected chi connectivity index (χ0v) is 15.8. The van der Waals surface area contributed by atoms with Crippen LogP contribution in [0.2, 0.25) is 0 Å². The number of nitrogens with zero attached hydrogens (tertiary/aromatic N) is 1. The molecule has 3 rings (SSSR count). The van der Waals surface area contributed by atoms with Gasteiger partial charge in [0.05, 0.1) is 23.4 Å². The lowest BCUT2D eigenvalue weighted by Gasteiger charge is -2.07. The number of Topliss-reactive ketones (excluding diaryl/α,β-unsaturated/α-hetero) is 1. The Morgan fingerprint density at radius 2 is 1.96 bits per heavy atom. The lowest BCUT2D eigenvalue weighted by atomic mass is 10.0. The van der Waals surface area contributed by atoms with Crippen molar-refractivity contribution in [3.63, 3.8) is 0 Å². The van der Waals surface area contributed by atoms with Crippen molar-refractivity contribution in [2.24, 2.45) is 0 Å². The third-order valence-corrected chi connectivity index (χ3v) is 4.54. The molecule has 146 valence electrons. The Labute approximate surface area is 162 Å². The number of pyridine rings is 1. The first kappa shape index (κ1) is 19.4. The Morgan fingerprint density at radius 3 is 2.68 bits per heavy atom. The van der Waals surface area contributed by atoms with E-state index in [0.717, 1.165) is 11.1 Å². The van der Waals surface area contributed by atoms with Crippen LogP contribution in [0.15, 0.2) is 42.6 Å².